The monoisotopic (exact) mass is 407 g/mol. The molecular weight excluding hydrogens is 374 g/mol. The van der Waals surface area contributed by atoms with Crippen LogP contribution in [0.2, 0.25) is 0 Å². The van der Waals surface area contributed by atoms with Crippen molar-refractivity contribution >= 4 is 0 Å². The third-order valence-corrected chi connectivity index (χ3v) is 5.41. The molecule has 0 fully saturated rings. The molecule has 0 bridgehead atoms. The fraction of sp³-hybridized carbons (Fsp3) is 0.200. The standard InChI is InChI=1S/C30H33N/c1-3-12-25(19-20-26-13-7-5-8-14-26)15-11-18-29(4-2)31-30-23-21-28(22-24-30)27-16-9-6-10-17-27/h3-4,7,9,11-21,23,31H,1-2,5-6,8,10,22,24H2/b15-11+,20-19+,25-12-,29-18+. The Kier molecular flexibility index (Phi) is 8.94. The lowest BCUT2D eigenvalue weighted by molar-refractivity contribution is 0.826. The molecule has 3 aliphatic rings. The number of hydrogen-bond acceptors (Lipinski definition) is 1. The summed E-state index contributed by atoms with van der Waals surface area (Å²) in [5.41, 5.74) is 7.40. The zero-order valence-corrected chi connectivity index (χ0v) is 18.4. The molecular formula is C30H33N. The molecule has 0 radical (unpaired) electrons. The minimum atomic E-state index is 0.996. The van der Waals surface area contributed by atoms with Crippen LogP contribution in [-0.2, 0) is 0 Å². The molecule has 3 aliphatic carbocycles. The molecule has 0 saturated heterocycles. The minimum absolute atomic E-state index is 0.996. The Hall–Kier alpha value is -3.32. The SMILES string of the molecule is C=C/C=C(/C=C/C=C(\C=C)NC1=CC=C(C2=CCCC=C2)CC1)\C=C\C1=CCCC=C1. The maximum Gasteiger partial charge on any atom is 0.0375 e. The molecule has 31 heavy (non-hydrogen) atoms. The topological polar surface area (TPSA) is 12.0 Å². The van der Waals surface area contributed by atoms with Crippen LogP contribution < -0.4 is 5.32 Å². The molecule has 0 aliphatic heterocycles. The van der Waals surface area contributed by atoms with E-state index in [1.165, 1.54) is 22.4 Å². The maximum absolute atomic E-state index is 3.96. The molecule has 1 heteroatoms. The van der Waals surface area contributed by atoms with Crippen LogP contribution in [0, 0.1) is 0 Å². The predicted octanol–water partition coefficient (Wildman–Crippen LogP) is 8.03. The molecule has 3 rings (SSSR count). The largest absolute Gasteiger partial charge is 0.359 e. The van der Waals surface area contributed by atoms with Gasteiger partial charge in [-0.1, -0.05) is 92.1 Å². The van der Waals surface area contributed by atoms with Crippen LogP contribution in [0.1, 0.15) is 38.5 Å². The van der Waals surface area contributed by atoms with Gasteiger partial charge in [-0.2, -0.15) is 0 Å². The highest BCUT2D eigenvalue weighted by molar-refractivity contribution is 5.46. The molecule has 0 aromatic rings. The van der Waals surface area contributed by atoms with Crippen molar-refractivity contribution in [2.45, 2.75) is 38.5 Å². The Morgan fingerprint density at radius 3 is 2.35 bits per heavy atom. The van der Waals surface area contributed by atoms with Crippen molar-refractivity contribution in [3.63, 3.8) is 0 Å². The van der Waals surface area contributed by atoms with E-state index in [0.717, 1.165) is 49.8 Å². The molecule has 0 heterocycles. The second kappa shape index (κ2) is 12.4. The summed E-state index contributed by atoms with van der Waals surface area (Å²) in [5, 5.41) is 3.51. The smallest absolute Gasteiger partial charge is 0.0375 e. The average molecular weight is 408 g/mol. The van der Waals surface area contributed by atoms with Gasteiger partial charge in [0.2, 0.25) is 0 Å². The first kappa shape index (κ1) is 22.4. The van der Waals surface area contributed by atoms with Gasteiger partial charge in [0.15, 0.2) is 0 Å². The van der Waals surface area contributed by atoms with Crippen LogP contribution in [0.5, 0.6) is 0 Å². The highest BCUT2D eigenvalue weighted by Crippen LogP contribution is 2.27. The van der Waals surface area contributed by atoms with E-state index in [4.69, 9.17) is 0 Å². The summed E-state index contributed by atoms with van der Waals surface area (Å²) in [6.07, 6.45) is 40.8. The van der Waals surface area contributed by atoms with Crippen LogP contribution in [0.3, 0.4) is 0 Å². The summed E-state index contributed by atoms with van der Waals surface area (Å²) < 4.78 is 0. The molecule has 0 aromatic heterocycles. The Morgan fingerprint density at radius 1 is 0.871 bits per heavy atom. The normalized spacial score (nSPS) is 19.7. The Bertz CT molecular complexity index is 977. The highest BCUT2D eigenvalue weighted by atomic mass is 14.9. The van der Waals surface area contributed by atoms with E-state index in [1.807, 2.05) is 18.2 Å². The lowest BCUT2D eigenvalue weighted by Gasteiger charge is -2.18. The molecule has 0 atom stereocenters. The summed E-state index contributed by atoms with van der Waals surface area (Å²) >= 11 is 0. The van der Waals surface area contributed by atoms with Gasteiger partial charge in [-0.15, -0.1) is 0 Å². The maximum atomic E-state index is 3.96. The Morgan fingerprint density at radius 2 is 1.71 bits per heavy atom. The van der Waals surface area contributed by atoms with Crippen LogP contribution in [0.4, 0.5) is 0 Å². The first-order valence-corrected chi connectivity index (χ1v) is 11.2. The van der Waals surface area contributed by atoms with Gasteiger partial charge < -0.3 is 5.32 Å². The van der Waals surface area contributed by atoms with Crippen molar-refractivity contribution < 1.29 is 0 Å². The van der Waals surface area contributed by atoms with Crippen LogP contribution >= 0.6 is 0 Å². The summed E-state index contributed by atoms with van der Waals surface area (Å²) in [6, 6.07) is 0. The van der Waals surface area contributed by atoms with E-state index in [-0.39, 0.29) is 0 Å². The van der Waals surface area contributed by atoms with Crippen molar-refractivity contribution in [1.29, 1.82) is 0 Å². The Balaban J connectivity index is 1.62. The minimum Gasteiger partial charge on any atom is -0.359 e. The third kappa shape index (κ3) is 7.46. The first-order chi connectivity index (χ1) is 15.3. The molecule has 0 amide bonds. The fourth-order valence-electron chi connectivity index (χ4n) is 3.69. The number of rotatable bonds is 9. The lowest BCUT2D eigenvalue weighted by atomic mass is 9.92. The van der Waals surface area contributed by atoms with Gasteiger partial charge in [0.05, 0.1) is 0 Å². The predicted molar refractivity (Wildman–Crippen MR) is 136 cm³/mol. The molecule has 0 saturated carbocycles. The van der Waals surface area contributed by atoms with Crippen LogP contribution in [0.25, 0.3) is 0 Å². The van der Waals surface area contributed by atoms with Gasteiger partial charge in [-0.25, -0.2) is 0 Å². The number of allylic oxidation sites excluding steroid dienone is 21. The summed E-state index contributed by atoms with van der Waals surface area (Å²) in [4.78, 5) is 0. The van der Waals surface area contributed by atoms with Crippen molar-refractivity contribution in [3.05, 3.63) is 144 Å². The van der Waals surface area contributed by atoms with Gasteiger partial charge >= 0.3 is 0 Å². The second-order valence-corrected chi connectivity index (χ2v) is 7.75. The summed E-state index contributed by atoms with van der Waals surface area (Å²) in [5.74, 6) is 0. The fourth-order valence-corrected chi connectivity index (χ4v) is 3.69. The Labute approximate surface area is 188 Å². The van der Waals surface area contributed by atoms with Crippen molar-refractivity contribution in [2.24, 2.45) is 0 Å². The molecule has 0 spiro atoms. The first-order valence-electron chi connectivity index (χ1n) is 11.2. The van der Waals surface area contributed by atoms with Crippen molar-refractivity contribution in [1.82, 2.24) is 5.32 Å². The highest BCUT2D eigenvalue weighted by Gasteiger charge is 2.10. The van der Waals surface area contributed by atoms with Crippen LogP contribution in [0.15, 0.2) is 144 Å². The van der Waals surface area contributed by atoms with Gasteiger partial charge in [0.1, 0.15) is 0 Å². The van der Waals surface area contributed by atoms with E-state index in [9.17, 15) is 0 Å². The van der Waals surface area contributed by atoms with Gasteiger partial charge in [-0.3, -0.25) is 0 Å². The van der Waals surface area contributed by atoms with E-state index in [0.29, 0.717) is 0 Å². The van der Waals surface area contributed by atoms with E-state index < -0.39 is 0 Å². The average Bonchev–Trinajstić information content (AvgIpc) is 2.83. The molecule has 1 N–H and O–H groups in total. The molecule has 158 valence electrons. The quantitative estimate of drug-likeness (QED) is 0.381. The third-order valence-electron chi connectivity index (χ3n) is 5.41. The van der Waals surface area contributed by atoms with Gasteiger partial charge in [0.25, 0.3) is 0 Å². The zero-order valence-electron chi connectivity index (χ0n) is 18.4. The summed E-state index contributed by atoms with van der Waals surface area (Å²) in [6.45, 7) is 7.80. The van der Waals surface area contributed by atoms with E-state index >= 15 is 0 Å². The summed E-state index contributed by atoms with van der Waals surface area (Å²) in [7, 11) is 0. The molecule has 0 unspecified atom stereocenters. The van der Waals surface area contributed by atoms with Crippen molar-refractivity contribution in [3.8, 4) is 0 Å². The number of hydrogen-bond donors (Lipinski definition) is 1. The van der Waals surface area contributed by atoms with Gasteiger partial charge in [-0.05, 0) is 79.0 Å². The zero-order chi connectivity index (χ0) is 21.7. The van der Waals surface area contributed by atoms with Gasteiger partial charge in [0, 0.05) is 11.4 Å². The molecule has 0 aromatic carbocycles. The number of nitrogens with one attached hydrogen (secondary N) is 1. The van der Waals surface area contributed by atoms with E-state index in [1.54, 1.807) is 0 Å². The second-order valence-electron chi connectivity index (χ2n) is 7.75. The lowest BCUT2D eigenvalue weighted by Crippen LogP contribution is -2.13. The van der Waals surface area contributed by atoms with E-state index in [2.05, 4.69) is 97.5 Å². The van der Waals surface area contributed by atoms with Crippen molar-refractivity contribution in [2.75, 3.05) is 0 Å². The van der Waals surface area contributed by atoms with Crippen LogP contribution in [-0.4, -0.2) is 0 Å². The molecule has 1 nitrogen and oxygen atoms in total.